The van der Waals surface area contributed by atoms with E-state index in [4.69, 9.17) is 10.5 Å². The van der Waals surface area contributed by atoms with Gasteiger partial charge in [-0.1, -0.05) is 6.08 Å². The maximum Gasteiger partial charge on any atom is 0.343 e. The predicted octanol–water partition coefficient (Wildman–Crippen LogP) is 2.68. The molecule has 1 aliphatic carbocycles. The number of nitrogens with one attached hydrogen (secondary N) is 2. The van der Waals surface area contributed by atoms with Crippen LogP contribution < -0.4 is 26.0 Å². The molecule has 3 heterocycles. The van der Waals surface area contributed by atoms with Crippen molar-refractivity contribution in [2.75, 3.05) is 43.0 Å². The molecule has 220 valence electrons. The fourth-order valence-electron chi connectivity index (χ4n) is 5.07. The molecule has 0 saturated carbocycles. The molecule has 4 amide bonds. The van der Waals surface area contributed by atoms with Gasteiger partial charge >= 0.3 is 6.03 Å². The number of aliphatic imine (C=N–C) groups is 1. The van der Waals surface area contributed by atoms with Crippen LogP contribution in [0.4, 0.5) is 16.6 Å². The van der Waals surface area contributed by atoms with Crippen LogP contribution in [0.1, 0.15) is 59.9 Å². The third kappa shape index (κ3) is 7.09. The standard InChI is InChI=1S/C29H35N9O4/c1-2-42-23-13-7-19(8-14-23)27(40)32-22-6-5-17-38(18-22)28-34-26(24(25(30)39)35-36-28)31-20-9-11-21(12-10-20)33-29(41)37-15-3-4-16-37/h7-11,13-14,22H,2-6,12,15-18H2,1H3,(H2,30,39)(H,32,40)(H,31,34,36)/t22-/m1/s1. The lowest BCUT2D eigenvalue weighted by Crippen LogP contribution is -2.48. The van der Waals surface area contributed by atoms with Crippen molar-refractivity contribution in [3.05, 3.63) is 59.4 Å². The quantitative estimate of drug-likeness (QED) is 0.430. The van der Waals surface area contributed by atoms with Gasteiger partial charge in [0.25, 0.3) is 11.8 Å². The van der Waals surface area contributed by atoms with Gasteiger partial charge in [-0.25, -0.2) is 4.79 Å². The first-order valence-electron chi connectivity index (χ1n) is 14.2. The monoisotopic (exact) mass is 573 g/mol. The normalized spacial score (nSPS) is 19.4. The smallest absolute Gasteiger partial charge is 0.343 e. The zero-order chi connectivity index (χ0) is 29.5. The molecule has 2 saturated heterocycles. The van der Waals surface area contributed by atoms with Crippen LogP contribution in [0.2, 0.25) is 0 Å². The van der Waals surface area contributed by atoms with Gasteiger partial charge in [-0.15, -0.1) is 10.2 Å². The highest BCUT2D eigenvalue weighted by atomic mass is 16.5. The number of urea groups is 1. The zero-order valence-corrected chi connectivity index (χ0v) is 23.6. The number of carbonyl (C=O) groups is 3. The Morgan fingerprint density at radius 2 is 1.86 bits per heavy atom. The van der Waals surface area contributed by atoms with Gasteiger partial charge in [-0.3, -0.25) is 9.59 Å². The van der Waals surface area contributed by atoms with Crippen LogP contribution >= 0.6 is 0 Å². The van der Waals surface area contributed by atoms with Crippen molar-refractivity contribution >= 4 is 35.3 Å². The largest absolute Gasteiger partial charge is 0.494 e. The molecule has 42 heavy (non-hydrogen) atoms. The lowest BCUT2D eigenvalue weighted by atomic mass is 10.1. The predicted molar refractivity (Wildman–Crippen MR) is 158 cm³/mol. The molecule has 13 heteroatoms. The molecule has 0 bridgehead atoms. The summed E-state index contributed by atoms with van der Waals surface area (Å²) < 4.78 is 5.45. The number of allylic oxidation sites excluding steroid dienone is 3. The summed E-state index contributed by atoms with van der Waals surface area (Å²) in [6.07, 6.45) is 9.45. The molecule has 2 aromatic rings. The minimum Gasteiger partial charge on any atom is -0.494 e. The van der Waals surface area contributed by atoms with Gasteiger partial charge in [0, 0.05) is 49.9 Å². The van der Waals surface area contributed by atoms with E-state index in [2.05, 4.69) is 30.8 Å². The Kier molecular flexibility index (Phi) is 9.05. The Bertz CT molecular complexity index is 1410. The average molecular weight is 574 g/mol. The molecular formula is C29H35N9O4. The molecule has 1 aromatic heterocycles. The summed E-state index contributed by atoms with van der Waals surface area (Å²) in [6, 6.07) is 6.69. The molecule has 13 nitrogen and oxygen atoms in total. The van der Waals surface area contributed by atoms with Crippen molar-refractivity contribution in [1.29, 1.82) is 0 Å². The Balaban J connectivity index is 1.23. The molecule has 1 atom stereocenters. The Morgan fingerprint density at radius 1 is 1.07 bits per heavy atom. The molecule has 2 aliphatic heterocycles. The lowest BCUT2D eigenvalue weighted by molar-refractivity contribution is 0.0931. The van der Waals surface area contributed by atoms with Gasteiger partial charge in [0.15, 0.2) is 11.5 Å². The molecule has 1 aromatic carbocycles. The van der Waals surface area contributed by atoms with E-state index in [9.17, 15) is 14.4 Å². The van der Waals surface area contributed by atoms with Crippen LogP contribution in [0.15, 0.2) is 53.2 Å². The second-order valence-electron chi connectivity index (χ2n) is 10.3. The molecule has 5 rings (SSSR count). The second kappa shape index (κ2) is 13.2. The molecule has 0 radical (unpaired) electrons. The van der Waals surface area contributed by atoms with Gasteiger partial charge < -0.3 is 30.9 Å². The number of likely N-dealkylation sites (tertiary alicyclic amines) is 1. The minimum atomic E-state index is -0.762. The summed E-state index contributed by atoms with van der Waals surface area (Å²) in [5, 5.41) is 14.4. The molecule has 4 N–H and O–H groups in total. The van der Waals surface area contributed by atoms with Crippen LogP contribution in [-0.4, -0.2) is 82.5 Å². The first-order chi connectivity index (χ1) is 20.4. The van der Waals surface area contributed by atoms with E-state index in [1.807, 2.05) is 17.9 Å². The number of ether oxygens (including phenoxy) is 1. The maximum absolute atomic E-state index is 12.9. The van der Waals surface area contributed by atoms with Crippen molar-refractivity contribution in [3.8, 4) is 5.75 Å². The van der Waals surface area contributed by atoms with Gasteiger partial charge in [-0.05, 0) is 69.0 Å². The third-order valence-corrected chi connectivity index (χ3v) is 7.24. The van der Waals surface area contributed by atoms with Crippen molar-refractivity contribution in [2.45, 2.75) is 45.1 Å². The SMILES string of the molecule is CCOc1ccc(C(=O)N[C@@H]2CCCN(c3nnc(C(N)=O)c(NC4=CCC(=NC(=O)N5CCCC5)C=C4)n3)C2)cc1. The van der Waals surface area contributed by atoms with Crippen LogP contribution in [0.25, 0.3) is 0 Å². The second-order valence-corrected chi connectivity index (χ2v) is 10.3. The van der Waals surface area contributed by atoms with E-state index in [-0.39, 0.29) is 29.5 Å². The number of benzene rings is 1. The zero-order valence-electron chi connectivity index (χ0n) is 23.6. The number of nitrogens with two attached hydrogens (primary N) is 1. The third-order valence-electron chi connectivity index (χ3n) is 7.24. The summed E-state index contributed by atoms with van der Waals surface area (Å²) in [4.78, 5) is 49.8. The number of hydrogen-bond donors (Lipinski definition) is 3. The van der Waals surface area contributed by atoms with Gasteiger partial charge in [-0.2, -0.15) is 9.98 Å². The van der Waals surface area contributed by atoms with E-state index in [1.54, 1.807) is 41.3 Å². The van der Waals surface area contributed by atoms with E-state index >= 15 is 0 Å². The van der Waals surface area contributed by atoms with Gasteiger partial charge in [0.1, 0.15) is 5.75 Å². The van der Waals surface area contributed by atoms with E-state index in [1.165, 1.54) is 0 Å². The number of nitrogens with zero attached hydrogens (tertiary/aromatic N) is 6. The first kappa shape index (κ1) is 28.7. The van der Waals surface area contributed by atoms with Crippen molar-refractivity contribution in [2.24, 2.45) is 10.7 Å². The highest BCUT2D eigenvalue weighted by Crippen LogP contribution is 2.22. The molecule has 0 unspecified atom stereocenters. The number of rotatable bonds is 8. The number of primary amides is 1. The lowest BCUT2D eigenvalue weighted by Gasteiger charge is -2.33. The van der Waals surface area contributed by atoms with Crippen LogP contribution in [0, 0.1) is 0 Å². The Morgan fingerprint density at radius 3 is 2.55 bits per heavy atom. The van der Waals surface area contributed by atoms with Gasteiger partial charge in [0.2, 0.25) is 5.95 Å². The van der Waals surface area contributed by atoms with Crippen LogP contribution in [0.3, 0.4) is 0 Å². The fourth-order valence-corrected chi connectivity index (χ4v) is 5.07. The maximum atomic E-state index is 12.9. The molecule has 2 fully saturated rings. The van der Waals surface area contributed by atoms with Crippen molar-refractivity contribution in [3.63, 3.8) is 0 Å². The fraction of sp³-hybridized carbons (Fsp3) is 0.414. The Labute approximate surface area is 243 Å². The van der Waals surface area contributed by atoms with E-state index < -0.39 is 5.91 Å². The number of hydrogen-bond acceptors (Lipinski definition) is 9. The molecule has 0 spiro atoms. The number of piperidine rings is 1. The van der Waals surface area contributed by atoms with E-state index in [0.29, 0.717) is 54.8 Å². The highest BCUT2D eigenvalue weighted by molar-refractivity contribution is 6.04. The summed E-state index contributed by atoms with van der Waals surface area (Å²) >= 11 is 0. The summed E-state index contributed by atoms with van der Waals surface area (Å²) in [7, 11) is 0. The minimum absolute atomic E-state index is 0.0888. The Hall–Kier alpha value is -4.81. The molecule has 3 aliphatic rings. The molecular weight excluding hydrogens is 538 g/mol. The topological polar surface area (TPSA) is 168 Å². The van der Waals surface area contributed by atoms with Crippen molar-refractivity contribution < 1.29 is 19.1 Å². The van der Waals surface area contributed by atoms with Crippen molar-refractivity contribution in [1.82, 2.24) is 25.4 Å². The van der Waals surface area contributed by atoms with Gasteiger partial charge in [0.05, 0.1) is 12.3 Å². The average Bonchev–Trinajstić information content (AvgIpc) is 3.54. The number of aromatic nitrogens is 3. The number of amides is 4. The highest BCUT2D eigenvalue weighted by Gasteiger charge is 2.26. The number of carbonyl (C=O) groups excluding carboxylic acids is 3. The summed E-state index contributed by atoms with van der Waals surface area (Å²) in [5.74, 6) is 0.282. The van der Waals surface area contributed by atoms with E-state index in [0.717, 1.165) is 38.8 Å². The van der Waals surface area contributed by atoms with Crippen LogP contribution in [-0.2, 0) is 0 Å². The van der Waals surface area contributed by atoms with Crippen LogP contribution in [0.5, 0.6) is 5.75 Å². The first-order valence-corrected chi connectivity index (χ1v) is 14.2. The summed E-state index contributed by atoms with van der Waals surface area (Å²) in [5.41, 5.74) is 7.33. The number of anilines is 2. The summed E-state index contributed by atoms with van der Waals surface area (Å²) in [6.45, 7) is 5.10.